The molecule has 0 radical (unpaired) electrons. The molecule has 0 unspecified atom stereocenters. The number of para-hydroxylation sites is 1. The van der Waals surface area contributed by atoms with E-state index in [0.717, 1.165) is 28.5 Å². The minimum absolute atomic E-state index is 0.0616. The van der Waals surface area contributed by atoms with Gasteiger partial charge in [-0.05, 0) is 49.7 Å². The Labute approximate surface area is 186 Å². The van der Waals surface area contributed by atoms with Gasteiger partial charge >= 0.3 is 0 Å². The Morgan fingerprint density at radius 1 is 1.25 bits per heavy atom. The molecule has 1 amide bonds. The molecule has 3 aromatic rings. The molecule has 3 heterocycles. The highest BCUT2D eigenvalue weighted by Gasteiger charge is 2.27. The number of aromatic nitrogens is 2. The maximum atomic E-state index is 13.7. The Bertz CT molecular complexity index is 1110. The number of ether oxygens (including phenoxy) is 2. The highest BCUT2D eigenvalue weighted by atomic mass is 19.1. The largest absolute Gasteiger partial charge is 0.481 e. The van der Waals surface area contributed by atoms with Crippen molar-refractivity contribution in [3.63, 3.8) is 0 Å². The van der Waals surface area contributed by atoms with Gasteiger partial charge in [0.1, 0.15) is 11.9 Å². The van der Waals surface area contributed by atoms with Gasteiger partial charge in [-0.1, -0.05) is 18.2 Å². The van der Waals surface area contributed by atoms with Crippen molar-refractivity contribution in [3.05, 3.63) is 77.5 Å². The smallest absolute Gasteiger partial charge is 0.260 e. The Kier molecular flexibility index (Phi) is 6.61. The van der Waals surface area contributed by atoms with Crippen molar-refractivity contribution in [2.45, 2.75) is 20.0 Å². The van der Waals surface area contributed by atoms with Gasteiger partial charge in [0.05, 0.1) is 18.8 Å². The number of morpholine rings is 1. The number of rotatable bonds is 6. The topological polar surface area (TPSA) is 76.6 Å². The first-order chi connectivity index (χ1) is 15.5. The fourth-order valence-electron chi connectivity index (χ4n) is 3.53. The van der Waals surface area contributed by atoms with E-state index in [1.165, 1.54) is 12.1 Å². The molecule has 0 spiro atoms. The van der Waals surface area contributed by atoms with Crippen molar-refractivity contribution in [1.82, 2.24) is 14.9 Å². The first-order valence-electron chi connectivity index (χ1n) is 10.4. The van der Waals surface area contributed by atoms with Gasteiger partial charge in [-0.25, -0.2) is 9.37 Å². The Balaban J connectivity index is 1.43. The van der Waals surface area contributed by atoms with Crippen LogP contribution in [0.5, 0.6) is 5.75 Å². The van der Waals surface area contributed by atoms with Crippen LogP contribution in [0.4, 0.5) is 15.9 Å². The summed E-state index contributed by atoms with van der Waals surface area (Å²) in [6.45, 7) is 4.84. The molecule has 166 valence electrons. The number of amides is 1. The number of benzene rings is 1. The number of carbonyl (C=O) groups excluding carboxylic acids is 1. The number of nitrogens with zero attached hydrogens (tertiary/aromatic N) is 3. The molecule has 1 atom stereocenters. The molecular weight excluding hydrogens is 411 g/mol. The van der Waals surface area contributed by atoms with Crippen molar-refractivity contribution in [2.24, 2.45) is 0 Å². The summed E-state index contributed by atoms with van der Waals surface area (Å²) < 4.78 is 25.0. The summed E-state index contributed by atoms with van der Waals surface area (Å²) in [7, 11) is 0. The molecular formula is C24H25FN4O3. The van der Waals surface area contributed by atoms with Crippen molar-refractivity contribution in [2.75, 3.05) is 31.6 Å². The number of hydrogen-bond donors (Lipinski definition) is 1. The lowest BCUT2D eigenvalue weighted by atomic mass is 10.1. The number of aryl methyl sites for hydroxylation is 2. The molecule has 0 bridgehead atoms. The summed E-state index contributed by atoms with van der Waals surface area (Å²) in [5.74, 6) is 0.117. The number of hydrogen-bond acceptors (Lipinski definition) is 6. The molecule has 8 heteroatoms. The molecule has 32 heavy (non-hydrogen) atoms. The van der Waals surface area contributed by atoms with Crippen molar-refractivity contribution < 1.29 is 18.7 Å². The van der Waals surface area contributed by atoms with Crippen LogP contribution in [0.3, 0.4) is 0 Å². The molecule has 1 aliphatic heterocycles. The molecule has 2 aromatic heterocycles. The average molecular weight is 436 g/mol. The maximum Gasteiger partial charge on any atom is 0.260 e. The van der Waals surface area contributed by atoms with Crippen molar-refractivity contribution in [3.8, 4) is 5.75 Å². The zero-order chi connectivity index (χ0) is 22.5. The Morgan fingerprint density at radius 3 is 2.91 bits per heavy atom. The monoisotopic (exact) mass is 436 g/mol. The maximum absolute atomic E-state index is 13.7. The van der Waals surface area contributed by atoms with Crippen molar-refractivity contribution >= 4 is 17.4 Å². The second kappa shape index (κ2) is 9.74. The normalized spacial score (nSPS) is 16.0. The highest BCUT2D eigenvalue weighted by Crippen LogP contribution is 2.26. The molecule has 0 aliphatic carbocycles. The fourth-order valence-corrected chi connectivity index (χ4v) is 3.53. The van der Waals surface area contributed by atoms with Gasteiger partial charge in [-0.2, -0.15) is 0 Å². The molecule has 1 saturated heterocycles. The summed E-state index contributed by atoms with van der Waals surface area (Å²) >= 11 is 0. The van der Waals surface area contributed by atoms with E-state index in [0.29, 0.717) is 19.7 Å². The summed E-state index contributed by atoms with van der Waals surface area (Å²) in [6.07, 6.45) is 1.37. The lowest BCUT2D eigenvalue weighted by Gasteiger charge is -2.33. The van der Waals surface area contributed by atoms with Gasteiger partial charge in [0.15, 0.2) is 18.2 Å². The predicted octanol–water partition coefficient (Wildman–Crippen LogP) is 3.96. The van der Waals surface area contributed by atoms with E-state index in [2.05, 4.69) is 15.3 Å². The van der Waals surface area contributed by atoms with Crippen LogP contribution >= 0.6 is 0 Å². The van der Waals surface area contributed by atoms with Gasteiger partial charge in [-0.15, -0.1) is 0 Å². The van der Waals surface area contributed by atoms with Crippen LogP contribution in [0, 0.1) is 19.7 Å². The van der Waals surface area contributed by atoms with Crippen LogP contribution in [-0.4, -0.2) is 47.1 Å². The minimum atomic E-state index is -0.493. The van der Waals surface area contributed by atoms with Crippen LogP contribution in [0.1, 0.15) is 23.1 Å². The molecule has 1 aromatic carbocycles. The van der Waals surface area contributed by atoms with Gasteiger partial charge in [-0.3, -0.25) is 9.78 Å². The minimum Gasteiger partial charge on any atom is -0.481 e. The van der Waals surface area contributed by atoms with Gasteiger partial charge in [0.25, 0.3) is 5.91 Å². The first-order valence-corrected chi connectivity index (χ1v) is 10.4. The summed E-state index contributed by atoms with van der Waals surface area (Å²) in [5.41, 5.74) is 3.44. The van der Waals surface area contributed by atoms with Crippen LogP contribution in [0.15, 0.2) is 54.7 Å². The predicted molar refractivity (Wildman–Crippen MR) is 118 cm³/mol. The first kappa shape index (κ1) is 21.7. The number of pyridine rings is 2. The van der Waals surface area contributed by atoms with E-state index in [4.69, 9.17) is 9.47 Å². The third kappa shape index (κ3) is 5.20. The van der Waals surface area contributed by atoms with Crippen LogP contribution in [0.2, 0.25) is 0 Å². The summed E-state index contributed by atoms with van der Waals surface area (Å²) in [5, 5.41) is 3.33. The highest BCUT2D eigenvalue weighted by molar-refractivity contribution is 5.78. The van der Waals surface area contributed by atoms with Crippen molar-refractivity contribution in [1.29, 1.82) is 0 Å². The molecule has 1 aliphatic rings. The molecule has 1 N–H and O–H groups in total. The van der Waals surface area contributed by atoms with Crippen LogP contribution in [0.25, 0.3) is 0 Å². The third-order valence-electron chi connectivity index (χ3n) is 5.18. The van der Waals surface area contributed by atoms with Crippen LogP contribution in [-0.2, 0) is 9.53 Å². The van der Waals surface area contributed by atoms with Gasteiger partial charge in [0.2, 0.25) is 0 Å². The van der Waals surface area contributed by atoms with E-state index in [-0.39, 0.29) is 24.4 Å². The SMILES string of the molecule is Cc1cc(Nc2ncccc2C)cc([C@@H]2CN(C(=O)COc3ccccc3F)CCO2)n1. The molecule has 1 fully saturated rings. The Hall–Kier alpha value is -3.52. The zero-order valence-electron chi connectivity index (χ0n) is 18.0. The standard InChI is InChI=1S/C24H25FN4O3/c1-16-6-5-9-26-24(16)28-18-12-17(2)27-20(13-18)22-14-29(10-11-31-22)23(30)15-32-21-8-4-3-7-19(21)25/h3-9,12-13,22H,10-11,14-15H2,1-2H3,(H,26,27,28)/t22-/m0/s1. The second-order valence-electron chi connectivity index (χ2n) is 7.63. The van der Waals surface area contributed by atoms with Gasteiger partial charge < -0.3 is 19.7 Å². The number of halogens is 1. The van der Waals surface area contributed by atoms with E-state index >= 15 is 0 Å². The lowest BCUT2D eigenvalue weighted by Crippen LogP contribution is -2.44. The molecule has 0 saturated carbocycles. The number of carbonyl (C=O) groups is 1. The lowest BCUT2D eigenvalue weighted by molar-refractivity contribution is -0.141. The molecule has 4 rings (SSSR count). The summed E-state index contributed by atoms with van der Waals surface area (Å²) in [4.78, 5) is 23.3. The number of nitrogens with one attached hydrogen (secondary N) is 1. The fraction of sp³-hybridized carbons (Fsp3) is 0.292. The van der Waals surface area contributed by atoms with E-state index < -0.39 is 5.82 Å². The van der Waals surface area contributed by atoms with Gasteiger partial charge in [0, 0.05) is 24.1 Å². The Morgan fingerprint density at radius 2 is 2.09 bits per heavy atom. The quantitative estimate of drug-likeness (QED) is 0.631. The zero-order valence-corrected chi connectivity index (χ0v) is 18.0. The third-order valence-corrected chi connectivity index (χ3v) is 5.18. The van der Waals surface area contributed by atoms with Crippen LogP contribution < -0.4 is 10.1 Å². The average Bonchev–Trinajstić information content (AvgIpc) is 2.79. The summed E-state index contributed by atoms with van der Waals surface area (Å²) in [6, 6.07) is 13.8. The number of anilines is 2. The second-order valence-corrected chi connectivity index (χ2v) is 7.63. The van der Waals surface area contributed by atoms with E-state index in [1.54, 1.807) is 23.2 Å². The molecule has 7 nitrogen and oxygen atoms in total. The van der Waals surface area contributed by atoms with E-state index in [1.807, 2.05) is 38.1 Å². The van der Waals surface area contributed by atoms with E-state index in [9.17, 15) is 9.18 Å².